The van der Waals surface area contributed by atoms with Crippen molar-refractivity contribution in [3.05, 3.63) is 29.8 Å². The fourth-order valence-electron chi connectivity index (χ4n) is 1.23. The molecule has 0 radical (unpaired) electrons. The van der Waals surface area contributed by atoms with Gasteiger partial charge in [-0.05, 0) is 31.5 Å². The van der Waals surface area contributed by atoms with Gasteiger partial charge in [-0.25, -0.2) is 0 Å². The zero-order chi connectivity index (χ0) is 10.6. The van der Waals surface area contributed by atoms with E-state index in [1.54, 1.807) is 0 Å². The summed E-state index contributed by atoms with van der Waals surface area (Å²) in [5.41, 5.74) is 12.3. The highest BCUT2D eigenvalue weighted by Crippen LogP contribution is 2.18. The van der Waals surface area contributed by atoms with Crippen molar-refractivity contribution in [3.8, 4) is 5.75 Å². The topological polar surface area (TPSA) is 61.3 Å². The van der Waals surface area contributed by atoms with Crippen molar-refractivity contribution in [2.75, 3.05) is 6.54 Å². The average molecular weight is 194 g/mol. The summed E-state index contributed by atoms with van der Waals surface area (Å²) in [6.45, 7) is 4.44. The lowest BCUT2D eigenvalue weighted by atomic mass is 10.1. The standard InChI is InChI=1S/C11H18N2O/c1-8(2)14-10-5-3-4-9(6-10)11(13)7-12/h3-6,8,11H,7,12-13H2,1-2H3/t11-/m0/s1. The highest BCUT2D eigenvalue weighted by atomic mass is 16.5. The summed E-state index contributed by atoms with van der Waals surface area (Å²) in [6.07, 6.45) is 0.180. The molecule has 0 aliphatic rings. The first-order chi connectivity index (χ1) is 6.63. The molecule has 1 aromatic carbocycles. The number of ether oxygens (including phenoxy) is 1. The van der Waals surface area contributed by atoms with E-state index in [1.165, 1.54) is 0 Å². The summed E-state index contributed by atoms with van der Waals surface area (Å²) >= 11 is 0. The van der Waals surface area contributed by atoms with Crippen molar-refractivity contribution in [2.45, 2.75) is 26.0 Å². The molecule has 0 amide bonds. The smallest absolute Gasteiger partial charge is 0.120 e. The van der Waals surface area contributed by atoms with Gasteiger partial charge in [0.2, 0.25) is 0 Å². The van der Waals surface area contributed by atoms with Gasteiger partial charge in [0, 0.05) is 12.6 Å². The Morgan fingerprint density at radius 2 is 2.07 bits per heavy atom. The van der Waals surface area contributed by atoms with Crippen LogP contribution in [0.15, 0.2) is 24.3 Å². The van der Waals surface area contributed by atoms with Gasteiger partial charge in [0.1, 0.15) is 5.75 Å². The molecular weight excluding hydrogens is 176 g/mol. The maximum absolute atomic E-state index is 5.81. The highest BCUT2D eigenvalue weighted by molar-refractivity contribution is 5.30. The number of rotatable bonds is 4. The third kappa shape index (κ3) is 3.01. The van der Waals surface area contributed by atoms with Crippen LogP contribution in [-0.2, 0) is 0 Å². The minimum absolute atomic E-state index is 0.106. The molecule has 4 N–H and O–H groups in total. The van der Waals surface area contributed by atoms with Crippen LogP contribution in [0.4, 0.5) is 0 Å². The van der Waals surface area contributed by atoms with Crippen molar-refractivity contribution in [1.29, 1.82) is 0 Å². The highest BCUT2D eigenvalue weighted by Gasteiger charge is 2.05. The summed E-state index contributed by atoms with van der Waals surface area (Å²) < 4.78 is 5.55. The number of nitrogens with two attached hydrogens (primary N) is 2. The van der Waals surface area contributed by atoms with Crippen LogP contribution in [0.25, 0.3) is 0 Å². The van der Waals surface area contributed by atoms with Crippen molar-refractivity contribution in [3.63, 3.8) is 0 Å². The molecular formula is C11H18N2O. The van der Waals surface area contributed by atoms with Crippen LogP contribution in [0, 0.1) is 0 Å². The van der Waals surface area contributed by atoms with Crippen molar-refractivity contribution in [1.82, 2.24) is 0 Å². The van der Waals surface area contributed by atoms with Crippen LogP contribution in [0.5, 0.6) is 5.75 Å². The molecule has 0 saturated carbocycles. The van der Waals surface area contributed by atoms with E-state index in [0.717, 1.165) is 11.3 Å². The predicted molar refractivity (Wildman–Crippen MR) is 58.2 cm³/mol. The number of hydrogen-bond donors (Lipinski definition) is 2. The molecule has 0 spiro atoms. The van der Waals surface area contributed by atoms with Gasteiger partial charge in [-0.3, -0.25) is 0 Å². The summed E-state index contributed by atoms with van der Waals surface area (Å²) in [4.78, 5) is 0. The minimum atomic E-state index is -0.106. The Morgan fingerprint density at radius 1 is 1.36 bits per heavy atom. The van der Waals surface area contributed by atoms with E-state index in [1.807, 2.05) is 38.1 Å². The fraction of sp³-hybridized carbons (Fsp3) is 0.455. The van der Waals surface area contributed by atoms with Crippen LogP contribution in [0.1, 0.15) is 25.5 Å². The molecule has 0 aliphatic heterocycles. The van der Waals surface area contributed by atoms with Gasteiger partial charge in [0.25, 0.3) is 0 Å². The Balaban J connectivity index is 2.78. The Morgan fingerprint density at radius 3 is 2.64 bits per heavy atom. The Bertz CT molecular complexity index is 286. The van der Waals surface area contributed by atoms with Crippen molar-refractivity contribution >= 4 is 0 Å². The number of hydrogen-bond acceptors (Lipinski definition) is 3. The van der Waals surface area contributed by atoms with Crippen molar-refractivity contribution in [2.24, 2.45) is 11.5 Å². The summed E-state index contributed by atoms with van der Waals surface area (Å²) in [7, 11) is 0. The third-order valence-corrected chi connectivity index (χ3v) is 1.91. The van der Waals surface area contributed by atoms with Gasteiger partial charge in [-0.1, -0.05) is 12.1 Å². The average Bonchev–Trinajstić information content (AvgIpc) is 2.16. The van der Waals surface area contributed by atoms with Crippen molar-refractivity contribution < 1.29 is 4.74 Å². The van der Waals surface area contributed by atoms with Crippen LogP contribution >= 0.6 is 0 Å². The lowest BCUT2D eigenvalue weighted by molar-refractivity contribution is 0.242. The van der Waals surface area contributed by atoms with Gasteiger partial charge in [0.05, 0.1) is 6.10 Å². The van der Waals surface area contributed by atoms with E-state index >= 15 is 0 Å². The fourth-order valence-corrected chi connectivity index (χ4v) is 1.23. The first-order valence-corrected chi connectivity index (χ1v) is 4.85. The molecule has 1 aromatic rings. The van der Waals surface area contributed by atoms with E-state index in [4.69, 9.17) is 16.2 Å². The molecule has 0 fully saturated rings. The van der Waals surface area contributed by atoms with Crippen LogP contribution < -0.4 is 16.2 Å². The van der Waals surface area contributed by atoms with E-state index in [0.29, 0.717) is 6.54 Å². The zero-order valence-electron chi connectivity index (χ0n) is 8.73. The molecule has 0 aromatic heterocycles. The molecule has 0 bridgehead atoms. The third-order valence-electron chi connectivity index (χ3n) is 1.91. The molecule has 3 heteroatoms. The molecule has 0 saturated heterocycles. The second-order valence-corrected chi connectivity index (χ2v) is 3.58. The molecule has 1 atom stereocenters. The molecule has 14 heavy (non-hydrogen) atoms. The first-order valence-electron chi connectivity index (χ1n) is 4.85. The summed E-state index contributed by atoms with van der Waals surface area (Å²) in [6, 6.07) is 7.66. The van der Waals surface area contributed by atoms with E-state index in [2.05, 4.69) is 0 Å². The van der Waals surface area contributed by atoms with Gasteiger partial charge in [-0.2, -0.15) is 0 Å². The van der Waals surface area contributed by atoms with Gasteiger partial charge < -0.3 is 16.2 Å². The van der Waals surface area contributed by atoms with E-state index in [9.17, 15) is 0 Å². The van der Waals surface area contributed by atoms with Gasteiger partial charge in [-0.15, -0.1) is 0 Å². The summed E-state index contributed by atoms with van der Waals surface area (Å²) in [5.74, 6) is 0.849. The Labute approximate surface area is 85.0 Å². The molecule has 78 valence electrons. The van der Waals surface area contributed by atoms with Crippen LogP contribution in [0.3, 0.4) is 0 Å². The number of benzene rings is 1. The maximum Gasteiger partial charge on any atom is 0.120 e. The lowest BCUT2D eigenvalue weighted by Crippen LogP contribution is -2.20. The maximum atomic E-state index is 5.81. The first kappa shape index (κ1) is 11.0. The lowest BCUT2D eigenvalue weighted by Gasteiger charge is -2.13. The quantitative estimate of drug-likeness (QED) is 0.762. The molecule has 3 nitrogen and oxygen atoms in total. The van der Waals surface area contributed by atoms with Crippen LogP contribution in [-0.4, -0.2) is 12.6 Å². The monoisotopic (exact) mass is 194 g/mol. The Kier molecular flexibility index (Phi) is 3.92. The predicted octanol–water partition coefficient (Wildman–Crippen LogP) is 1.43. The van der Waals surface area contributed by atoms with E-state index < -0.39 is 0 Å². The largest absolute Gasteiger partial charge is 0.491 e. The van der Waals surface area contributed by atoms with Gasteiger partial charge in [0.15, 0.2) is 0 Å². The van der Waals surface area contributed by atoms with Crippen LogP contribution in [0.2, 0.25) is 0 Å². The zero-order valence-corrected chi connectivity index (χ0v) is 8.73. The van der Waals surface area contributed by atoms with E-state index in [-0.39, 0.29) is 12.1 Å². The Hall–Kier alpha value is -1.06. The molecule has 0 aliphatic carbocycles. The second kappa shape index (κ2) is 4.98. The SMILES string of the molecule is CC(C)Oc1cccc([C@@H](N)CN)c1. The summed E-state index contributed by atoms with van der Waals surface area (Å²) in [5, 5.41) is 0. The normalized spacial score (nSPS) is 12.9. The molecule has 0 unspecified atom stereocenters. The second-order valence-electron chi connectivity index (χ2n) is 3.58. The molecule has 0 heterocycles. The molecule has 1 rings (SSSR count). The van der Waals surface area contributed by atoms with Gasteiger partial charge >= 0.3 is 0 Å². The minimum Gasteiger partial charge on any atom is -0.491 e.